The van der Waals surface area contributed by atoms with Crippen molar-refractivity contribution in [1.29, 1.82) is 0 Å². The average molecular weight is 345 g/mol. The van der Waals surface area contributed by atoms with Crippen molar-refractivity contribution in [3.05, 3.63) is 51.0 Å². The maximum atomic E-state index is 13.6. The summed E-state index contributed by atoms with van der Waals surface area (Å²) in [6.07, 6.45) is -4.23. The van der Waals surface area contributed by atoms with E-state index in [9.17, 15) is 17.6 Å². The zero-order valence-electron chi connectivity index (χ0n) is 9.40. The lowest BCUT2D eigenvalue weighted by atomic mass is 10.1. The zero-order valence-corrected chi connectivity index (χ0v) is 11.7. The molecule has 0 saturated carbocycles. The molecular weight excluding hydrogens is 340 g/mol. The van der Waals surface area contributed by atoms with E-state index in [-0.39, 0.29) is 20.6 Å². The van der Waals surface area contributed by atoms with Gasteiger partial charge in [-0.1, -0.05) is 34.8 Å². The fraction of sp³-hybridized carbons (Fsp3) is 0.0833. The summed E-state index contributed by atoms with van der Waals surface area (Å²) in [7, 11) is 0. The Hall–Kier alpha value is -1.04. The van der Waals surface area contributed by atoms with Crippen molar-refractivity contribution < 1.29 is 17.6 Å². The van der Waals surface area contributed by atoms with Crippen LogP contribution in [0.1, 0.15) is 5.56 Å². The van der Waals surface area contributed by atoms with Crippen LogP contribution in [0.4, 0.5) is 17.6 Å². The Bertz CT molecular complexity index is 670. The molecule has 0 aliphatic carbocycles. The van der Waals surface area contributed by atoms with Crippen LogP contribution in [-0.2, 0) is 6.18 Å². The molecule has 1 aromatic carbocycles. The fourth-order valence-electron chi connectivity index (χ4n) is 1.52. The topological polar surface area (TPSA) is 12.9 Å². The fourth-order valence-corrected chi connectivity index (χ4v) is 2.17. The van der Waals surface area contributed by atoms with E-state index in [4.69, 9.17) is 34.8 Å². The van der Waals surface area contributed by atoms with E-state index in [1.807, 2.05) is 0 Å². The summed E-state index contributed by atoms with van der Waals surface area (Å²) >= 11 is 17.3. The first-order valence-electron chi connectivity index (χ1n) is 5.08. The molecule has 0 aliphatic heterocycles. The lowest BCUT2D eigenvalue weighted by Crippen LogP contribution is -2.07. The molecule has 1 nitrogen and oxygen atoms in total. The van der Waals surface area contributed by atoms with Crippen LogP contribution in [0.15, 0.2) is 24.4 Å². The molecule has 0 N–H and O–H groups in total. The lowest BCUT2D eigenvalue weighted by Gasteiger charge is -2.11. The van der Waals surface area contributed by atoms with Gasteiger partial charge in [-0.15, -0.1) is 0 Å². The highest BCUT2D eigenvalue weighted by Crippen LogP contribution is 2.38. The number of rotatable bonds is 1. The van der Waals surface area contributed by atoms with Crippen molar-refractivity contribution in [3.63, 3.8) is 0 Å². The molecule has 0 atom stereocenters. The summed E-state index contributed by atoms with van der Waals surface area (Å²) in [6, 6.07) is 3.03. The highest BCUT2D eigenvalue weighted by atomic mass is 35.5. The van der Waals surface area contributed by atoms with Crippen LogP contribution in [-0.4, -0.2) is 4.98 Å². The third-order valence-electron chi connectivity index (χ3n) is 2.47. The first-order chi connectivity index (χ1) is 9.20. The van der Waals surface area contributed by atoms with Gasteiger partial charge in [0.15, 0.2) is 0 Å². The van der Waals surface area contributed by atoms with Crippen LogP contribution in [0.25, 0.3) is 11.1 Å². The van der Waals surface area contributed by atoms with E-state index in [1.165, 1.54) is 12.1 Å². The Labute approximate surface area is 126 Å². The van der Waals surface area contributed by atoms with Gasteiger partial charge in [0, 0.05) is 17.3 Å². The van der Waals surface area contributed by atoms with Crippen molar-refractivity contribution >= 4 is 34.8 Å². The van der Waals surface area contributed by atoms with Crippen LogP contribution < -0.4 is 0 Å². The van der Waals surface area contributed by atoms with Gasteiger partial charge < -0.3 is 0 Å². The van der Waals surface area contributed by atoms with Crippen LogP contribution in [0.5, 0.6) is 0 Å². The van der Waals surface area contributed by atoms with Gasteiger partial charge in [-0.3, -0.25) is 0 Å². The number of aromatic nitrogens is 1. The van der Waals surface area contributed by atoms with Gasteiger partial charge in [-0.05, 0) is 18.2 Å². The first kappa shape index (κ1) is 15.4. The minimum absolute atomic E-state index is 0.0165. The monoisotopic (exact) mass is 343 g/mol. The third-order valence-corrected chi connectivity index (χ3v) is 3.50. The maximum Gasteiger partial charge on any atom is 0.417 e. The molecule has 0 bridgehead atoms. The summed E-state index contributed by atoms with van der Waals surface area (Å²) in [6.45, 7) is 0. The molecule has 0 fully saturated rings. The summed E-state index contributed by atoms with van der Waals surface area (Å²) < 4.78 is 51.5. The Morgan fingerprint density at radius 3 is 2.05 bits per heavy atom. The predicted molar refractivity (Wildman–Crippen MR) is 69.7 cm³/mol. The van der Waals surface area contributed by atoms with Crippen molar-refractivity contribution in [2.75, 3.05) is 0 Å². The normalized spacial score (nSPS) is 11.8. The lowest BCUT2D eigenvalue weighted by molar-refractivity contribution is -0.137. The molecule has 0 radical (unpaired) electrons. The second-order valence-electron chi connectivity index (χ2n) is 3.81. The van der Waals surface area contributed by atoms with Crippen molar-refractivity contribution in [2.45, 2.75) is 6.18 Å². The van der Waals surface area contributed by atoms with E-state index in [0.29, 0.717) is 12.3 Å². The SMILES string of the molecule is Fc1ncc(C(F)(F)F)cc1-c1cc(Cl)c(Cl)cc1Cl. The number of nitrogens with zero attached hydrogens (tertiary/aromatic N) is 1. The van der Waals surface area contributed by atoms with Gasteiger partial charge in [0.2, 0.25) is 5.95 Å². The Kier molecular flexibility index (Phi) is 4.14. The Morgan fingerprint density at radius 1 is 0.850 bits per heavy atom. The number of hydrogen-bond acceptors (Lipinski definition) is 1. The smallest absolute Gasteiger partial charge is 0.227 e. The third kappa shape index (κ3) is 3.00. The van der Waals surface area contributed by atoms with Gasteiger partial charge in [0.25, 0.3) is 0 Å². The Morgan fingerprint density at radius 2 is 1.45 bits per heavy atom. The van der Waals surface area contributed by atoms with Crippen molar-refractivity contribution in [3.8, 4) is 11.1 Å². The van der Waals surface area contributed by atoms with Gasteiger partial charge in [0.1, 0.15) is 0 Å². The number of benzene rings is 1. The molecule has 0 unspecified atom stereocenters. The largest absolute Gasteiger partial charge is 0.417 e. The number of halogens is 7. The van der Waals surface area contributed by atoms with Crippen molar-refractivity contribution in [1.82, 2.24) is 4.98 Å². The van der Waals surface area contributed by atoms with E-state index in [2.05, 4.69) is 4.98 Å². The molecular formula is C12H4Cl3F4N. The quantitative estimate of drug-likeness (QED) is 0.358. The molecule has 1 aromatic heterocycles. The molecule has 106 valence electrons. The number of pyridine rings is 1. The van der Waals surface area contributed by atoms with E-state index < -0.39 is 23.3 Å². The summed E-state index contributed by atoms with van der Waals surface area (Å²) in [5, 5.41) is 0.128. The van der Waals surface area contributed by atoms with Gasteiger partial charge in [-0.2, -0.15) is 17.6 Å². The molecule has 2 aromatic rings. The van der Waals surface area contributed by atoms with Crippen molar-refractivity contribution in [2.24, 2.45) is 0 Å². The van der Waals surface area contributed by atoms with E-state index in [0.717, 1.165) is 0 Å². The van der Waals surface area contributed by atoms with Crippen LogP contribution >= 0.6 is 34.8 Å². The highest BCUT2D eigenvalue weighted by Gasteiger charge is 2.32. The average Bonchev–Trinajstić information content (AvgIpc) is 2.33. The minimum atomic E-state index is -4.64. The molecule has 1 heterocycles. The van der Waals surface area contributed by atoms with Gasteiger partial charge >= 0.3 is 6.18 Å². The maximum absolute atomic E-state index is 13.6. The summed E-state index contributed by atoms with van der Waals surface area (Å²) in [5.74, 6) is -1.08. The van der Waals surface area contributed by atoms with E-state index in [1.54, 1.807) is 0 Å². The summed E-state index contributed by atoms with van der Waals surface area (Å²) in [5.41, 5.74) is -1.50. The molecule has 0 spiro atoms. The first-order valence-corrected chi connectivity index (χ1v) is 6.21. The molecule has 2 rings (SSSR count). The molecule has 20 heavy (non-hydrogen) atoms. The standard InChI is InChI=1S/C12H4Cl3F4N/c13-8-3-10(15)9(14)2-6(8)7-1-5(12(17,18)19)4-20-11(7)16/h1-4H. The summed E-state index contributed by atoms with van der Waals surface area (Å²) in [4.78, 5) is 3.09. The minimum Gasteiger partial charge on any atom is -0.227 e. The van der Waals surface area contributed by atoms with Crippen LogP contribution in [0.2, 0.25) is 15.1 Å². The predicted octanol–water partition coefficient (Wildman–Crippen LogP) is 5.87. The molecule has 0 saturated heterocycles. The number of alkyl halides is 3. The van der Waals surface area contributed by atoms with Gasteiger partial charge in [0.05, 0.1) is 20.6 Å². The van der Waals surface area contributed by atoms with Gasteiger partial charge in [-0.25, -0.2) is 4.98 Å². The highest BCUT2D eigenvalue weighted by molar-refractivity contribution is 6.44. The molecule has 0 aliphatic rings. The number of hydrogen-bond donors (Lipinski definition) is 0. The van der Waals surface area contributed by atoms with E-state index >= 15 is 0 Å². The van der Waals surface area contributed by atoms with Crippen LogP contribution in [0.3, 0.4) is 0 Å². The zero-order chi connectivity index (χ0) is 15.1. The Balaban J connectivity index is 2.66. The molecule has 0 amide bonds. The van der Waals surface area contributed by atoms with Crippen LogP contribution in [0, 0.1) is 5.95 Å². The second-order valence-corrected chi connectivity index (χ2v) is 5.03. The molecule has 8 heteroatoms. The second kappa shape index (κ2) is 5.39.